The highest BCUT2D eigenvalue weighted by Gasteiger charge is 2.53. The Bertz CT molecular complexity index is 376. The van der Waals surface area contributed by atoms with Gasteiger partial charge in [0.25, 0.3) is 0 Å². The molecule has 1 nitrogen and oxygen atoms in total. The lowest BCUT2D eigenvalue weighted by atomic mass is 9.95. The second-order valence-electron chi connectivity index (χ2n) is 3.92. The third kappa shape index (κ3) is 1.33. The van der Waals surface area contributed by atoms with Gasteiger partial charge in [0.2, 0.25) is 0 Å². The summed E-state index contributed by atoms with van der Waals surface area (Å²) in [6, 6.07) is 10.8. The van der Waals surface area contributed by atoms with E-state index in [0.717, 1.165) is 6.42 Å². The van der Waals surface area contributed by atoms with Gasteiger partial charge >= 0.3 is 0 Å². The lowest BCUT2D eigenvalue weighted by Crippen LogP contribution is -2.05. The number of nitrogens with zero attached hydrogens (tertiary/aromatic N) is 1. The van der Waals surface area contributed by atoms with E-state index in [2.05, 4.69) is 43.5 Å². The van der Waals surface area contributed by atoms with Crippen molar-refractivity contribution in [1.29, 1.82) is 5.26 Å². The average Bonchev–Trinajstić information content (AvgIpc) is 2.91. The first-order valence-electron chi connectivity index (χ1n) is 4.79. The van der Waals surface area contributed by atoms with Gasteiger partial charge in [-0.05, 0) is 36.3 Å². The van der Waals surface area contributed by atoms with Crippen LogP contribution in [-0.4, -0.2) is 6.26 Å². The smallest absolute Gasteiger partial charge is 0.0851 e. The van der Waals surface area contributed by atoms with Gasteiger partial charge in [0.05, 0.1) is 11.5 Å². The number of hydrogen-bond acceptors (Lipinski definition) is 2. The number of rotatable bonds is 2. The van der Waals surface area contributed by atoms with E-state index in [4.69, 9.17) is 5.26 Å². The van der Waals surface area contributed by atoms with E-state index in [1.165, 1.54) is 10.5 Å². The molecule has 1 aromatic carbocycles. The number of benzene rings is 1. The highest BCUT2D eigenvalue weighted by atomic mass is 32.2. The predicted molar refractivity (Wildman–Crippen MR) is 59.3 cm³/mol. The van der Waals surface area contributed by atoms with Crippen LogP contribution in [0.3, 0.4) is 0 Å². The molecule has 0 amide bonds. The fourth-order valence-electron chi connectivity index (χ4n) is 1.94. The van der Waals surface area contributed by atoms with Gasteiger partial charge in [-0.25, -0.2) is 0 Å². The molecule has 0 radical (unpaired) electrons. The van der Waals surface area contributed by atoms with E-state index in [1.807, 2.05) is 0 Å². The largest absolute Gasteiger partial charge is 0.197 e. The Balaban J connectivity index is 2.31. The normalized spacial score (nSPS) is 29.6. The van der Waals surface area contributed by atoms with Gasteiger partial charge in [-0.2, -0.15) is 5.26 Å². The van der Waals surface area contributed by atoms with Crippen LogP contribution >= 0.6 is 11.8 Å². The molecule has 0 heterocycles. The predicted octanol–water partition coefficient (Wildman–Crippen LogP) is 3.21. The molecular formula is C12H13NS. The zero-order chi connectivity index (χ0) is 10.2. The molecule has 0 saturated heterocycles. The van der Waals surface area contributed by atoms with E-state index < -0.39 is 0 Å². The molecule has 0 N–H and O–H groups in total. The van der Waals surface area contributed by atoms with Crippen molar-refractivity contribution in [3.8, 4) is 6.07 Å². The molecule has 1 aliphatic rings. The molecule has 1 fully saturated rings. The van der Waals surface area contributed by atoms with Crippen LogP contribution in [0.4, 0.5) is 0 Å². The zero-order valence-electron chi connectivity index (χ0n) is 8.45. The summed E-state index contributed by atoms with van der Waals surface area (Å²) >= 11 is 1.73. The Kier molecular flexibility index (Phi) is 2.28. The van der Waals surface area contributed by atoms with Gasteiger partial charge in [-0.1, -0.05) is 19.1 Å². The van der Waals surface area contributed by atoms with Crippen molar-refractivity contribution in [1.82, 2.24) is 0 Å². The summed E-state index contributed by atoms with van der Waals surface area (Å²) in [6.07, 6.45) is 3.08. The molecule has 2 atom stereocenters. The van der Waals surface area contributed by atoms with Crippen LogP contribution in [0.25, 0.3) is 0 Å². The summed E-state index contributed by atoms with van der Waals surface area (Å²) in [7, 11) is 0. The minimum absolute atomic E-state index is 0.170. The van der Waals surface area contributed by atoms with E-state index in [-0.39, 0.29) is 5.41 Å². The molecule has 0 spiro atoms. The Labute approximate surface area is 89.1 Å². The maximum absolute atomic E-state index is 9.15. The van der Waals surface area contributed by atoms with Crippen LogP contribution in [0.5, 0.6) is 0 Å². The van der Waals surface area contributed by atoms with E-state index in [9.17, 15) is 0 Å². The van der Waals surface area contributed by atoms with Crippen LogP contribution in [-0.2, 0) is 5.41 Å². The molecule has 72 valence electrons. The maximum atomic E-state index is 9.15. The topological polar surface area (TPSA) is 23.8 Å². The summed E-state index contributed by atoms with van der Waals surface area (Å²) in [5.41, 5.74) is 1.02. The standard InChI is InChI=1S/C12H13NS/c1-9-7-12(9,8-13)10-3-5-11(14-2)6-4-10/h3-6,9H,7H2,1-2H3. The van der Waals surface area contributed by atoms with Crippen LogP contribution in [0.2, 0.25) is 0 Å². The number of thioether (sulfide) groups is 1. The fraction of sp³-hybridized carbons (Fsp3) is 0.417. The SMILES string of the molecule is CSc1ccc(C2(C#N)CC2C)cc1. The second kappa shape index (κ2) is 3.33. The highest BCUT2D eigenvalue weighted by molar-refractivity contribution is 7.98. The zero-order valence-corrected chi connectivity index (χ0v) is 9.27. The average molecular weight is 203 g/mol. The van der Waals surface area contributed by atoms with E-state index in [0.29, 0.717) is 5.92 Å². The molecule has 14 heavy (non-hydrogen) atoms. The molecule has 2 unspecified atom stereocenters. The lowest BCUT2D eigenvalue weighted by molar-refractivity contribution is 0.791. The first kappa shape index (κ1) is 9.61. The lowest BCUT2D eigenvalue weighted by Gasteiger charge is -2.07. The third-order valence-electron chi connectivity index (χ3n) is 3.11. The van der Waals surface area contributed by atoms with Crippen LogP contribution < -0.4 is 0 Å². The molecule has 0 aromatic heterocycles. The minimum Gasteiger partial charge on any atom is -0.197 e. The fourth-order valence-corrected chi connectivity index (χ4v) is 2.34. The summed E-state index contributed by atoms with van der Waals surface area (Å²) < 4.78 is 0. The third-order valence-corrected chi connectivity index (χ3v) is 3.86. The quantitative estimate of drug-likeness (QED) is 0.689. The first-order chi connectivity index (χ1) is 6.73. The van der Waals surface area contributed by atoms with Crippen molar-refractivity contribution in [3.63, 3.8) is 0 Å². The van der Waals surface area contributed by atoms with Gasteiger partial charge in [-0.15, -0.1) is 11.8 Å². The van der Waals surface area contributed by atoms with Gasteiger partial charge in [0.1, 0.15) is 0 Å². The van der Waals surface area contributed by atoms with Crippen molar-refractivity contribution < 1.29 is 0 Å². The Hall–Kier alpha value is -0.940. The van der Waals surface area contributed by atoms with Gasteiger partial charge in [-0.3, -0.25) is 0 Å². The van der Waals surface area contributed by atoms with Gasteiger partial charge < -0.3 is 0 Å². The molecule has 2 rings (SSSR count). The maximum Gasteiger partial charge on any atom is 0.0851 e. The molecule has 1 aliphatic carbocycles. The number of hydrogen-bond donors (Lipinski definition) is 0. The molecule has 0 bridgehead atoms. The van der Waals surface area contributed by atoms with E-state index in [1.54, 1.807) is 11.8 Å². The second-order valence-corrected chi connectivity index (χ2v) is 4.80. The molecular weight excluding hydrogens is 190 g/mol. The monoisotopic (exact) mass is 203 g/mol. The first-order valence-corrected chi connectivity index (χ1v) is 6.01. The molecule has 1 aromatic rings. The van der Waals surface area contributed by atoms with Crippen LogP contribution in [0.15, 0.2) is 29.2 Å². The van der Waals surface area contributed by atoms with Crippen LogP contribution in [0.1, 0.15) is 18.9 Å². The molecule has 2 heteroatoms. The van der Waals surface area contributed by atoms with Gasteiger partial charge in [0.15, 0.2) is 0 Å². The van der Waals surface area contributed by atoms with Gasteiger partial charge in [0, 0.05) is 4.90 Å². The van der Waals surface area contributed by atoms with Crippen molar-refractivity contribution in [2.75, 3.05) is 6.26 Å². The van der Waals surface area contributed by atoms with Crippen molar-refractivity contribution in [3.05, 3.63) is 29.8 Å². The summed E-state index contributed by atoms with van der Waals surface area (Å²) in [5.74, 6) is 0.521. The summed E-state index contributed by atoms with van der Waals surface area (Å²) in [6.45, 7) is 2.14. The molecule has 0 aliphatic heterocycles. The van der Waals surface area contributed by atoms with Crippen molar-refractivity contribution >= 4 is 11.8 Å². The number of nitriles is 1. The van der Waals surface area contributed by atoms with Crippen molar-refractivity contribution in [2.24, 2.45) is 5.92 Å². The summed E-state index contributed by atoms with van der Waals surface area (Å²) in [5, 5.41) is 9.15. The highest BCUT2D eigenvalue weighted by Crippen LogP contribution is 2.53. The van der Waals surface area contributed by atoms with Crippen LogP contribution in [0, 0.1) is 17.2 Å². The minimum atomic E-state index is -0.170. The summed E-state index contributed by atoms with van der Waals surface area (Å²) in [4.78, 5) is 1.26. The van der Waals surface area contributed by atoms with E-state index >= 15 is 0 Å². The molecule has 1 saturated carbocycles. The van der Waals surface area contributed by atoms with Crippen molar-refractivity contribution in [2.45, 2.75) is 23.7 Å². The Morgan fingerprint density at radius 3 is 2.36 bits per heavy atom. The Morgan fingerprint density at radius 1 is 1.43 bits per heavy atom. The Morgan fingerprint density at radius 2 is 2.00 bits per heavy atom.